The molecule has 11 heteroatoms. The fourth-order valence-corrected chi connectivity index (χ4v) is 8.09. The largest absolute Gasteiger partial charge is 0.463 e. The number of cyclic esters (lactones) is 1. The average Bonchev–Trinajstić information content (AvgIpc) is 3.74. The summed E-state index contributed by atoms with van der Waals surface area (Å²) in [6.45, 7) is 9.76. The van der Waals surface area contributed by atoms with Crippen molar-refractivity contribution in [3.63, 3.8) is 0 Å². The minimum Gasteiger partial charge on any atom is -0.463 e. The highest BCUT2D eigenvalue weighted by molar-refractivity contribution is 5.91. The van der Waals surface area contributed by atoms with Crippen molar-refractivity contribution >= 4 is 29.8 Å². The van der Waals surface area contributed by atoms with Crippen LogP contribution in [0.15, 0.2) is 11.6 Å². The number of rotatable bonds is 32. The zero-order valence-electron chi connectivity index (χ0n) is 35.8. The van der Waals surface area contributed by atoms with Gasteiger partial charge in [-0.1, -0.05) is 84.0 Å². The molecule has 0 radical (unpaired) electrons. The quantitative estimate of drug-likeness (QED) is 0.0365. The highest BCUT2D eigenvalue weighted by Gasteiger charge is 2.38. The van der Waals surface area contributed by atoms with Crippen LogP contribution in [0.5, 0.6) is 0 Å². The van der Waals surface area contributed by atoms with Crippen LogP contribution in [-0.2, 0) is 52.4 Å². The van der Waals surface area contributed by atoms with Crippen LogP contribution in [0.3, 0.4) is 0 Å². The minimum atomic E-state index is -0.375. The fourth-order valence-electron chi connectivity index (χ4n) is 8.09. The molecular weight excluding hydrogens is 716 g/mol. The number of hydrogen-bond donors (Lipinski definition) is 0. The highest BCUT2D eigenvalue weighted by Crippen LogP contribution is 2.31. The highest BCUT2D eigenvalue weighted by atomic mass is 16.6. The van der Waals surface area contributed by atoms with Gasteiger partial charge in [-0.25, -0.2) is 4.79 Å². The molecule has 2 aliphatic heterocycles. The number of hydrogen-bond acceptors (Lipinski definition) is 11. The first-order chi connectivity index (χ1) is 26.9. The minimum absolute atomic E-state index is 0.153. The summed E-state index contributed by atoms with van der Waals surface area (Å²) in [7, 11) is 0. The lowest BCUT2D eigenvalue weighted by Crippen LogP contribution is -2.35. The number of carbonyl (C=O) groups is 5. The van der Waals surface area contributed by atoms with Crippen LogP contribution in [0, 0.1) is 0 Å². The maximum atomic E-state index is 12.1. The summed E-state index contributed by atoms with van der Waals surface area (Å²) >= 11 is 0. The molecule has 0 N–H and O–H groups in total. The Morgan fingerprint density at radius 1 is 0.571 bits per heavy atom. The third kappa shape index (κ3) is 22.7. The van der Waals surface area contributed by atoms with Crippen LogP contribution in [0.2, 0.25) is 0 Å². The Kier molecular flexibility index (Phi) is 25.7. The van der Waals surface area contributed by atoms with E-state index in [0.29, 0.717) is 24.8 Å². The topological polar surface area (TPSA) is 141 Å². The molecule has 0 unspecified atom stereocenters. The van der Waals surface area contributed by atoms with E-state index in [0.717, 1.165) is 89.9 Å². The second-order valence-electron chi connectivity index (χ2n) is 16.2. The monoisotopic (exact) mass is 793 g/mol. The first-order valence-corrected chi connectivity index (χ1v) is 22.1. The molecule has 0 aliphatic carbocycles. The van der Waals surface area contributed by atoms with Gasteiger partial charge in [0.15, 0.2) is 0 Å². The molecule has 0 amide bonds. The molecule has 11 nitrogen and oxygen atoms in total. The molecule has 7 atom stereocenters. The van der Waals surface area contributed by atoms with Gasteiger partial charge in [-0.15, -0.1) is 0 Å². The van der Waals surface area contributed by atoms with E-state index in [-0.39, 0.29) is 72.6 Å². The Bertz CT molecular complexity index is 1180. The second kappa shape index (κ2) is 29.3. The molecule has 0 spiro atoms. The van der Waals surface area contributed by atoms with Crippen molar-refractivity contribution in [2.45, 2.75) is 245 Å². The summed E-state index contributed by atoms with van der Waals surface area (Å²) in [5.74, 6) is -1.61. The van der Waals surface area contributed by atoms with Crippen LogP contribution in [-0.4, -0.2) is 72.6 Å². The van der Waals surface area contributed by atoms with Crippen molar-refractivity contribution < 1.29 is 52.4 Å². The molecule has 0 aromatic carbocycles. The number of esters is 5. The number of unbranched alkanes of at least 4 members (excludes halogenated alkanes) is 14. The van der Waals surface area contributed by atoms with Crippen LogP contribution in [0.25, 0.3) is 0 Å². The van der Waals surface area contributed by atoms with Crippen LogP contribution in [0.1, 0.15) is 202 Å². The third-order valence-electron chi connectivity index (χ3n) is 10.8. The van der Waals surface area contributed by atoms with Gasteiger partial charge in [-0.05, 0) is 90.0 Å². The van der Waals surface area contributed by atoms with Gasteiger partial charge in [0, 0.05) is 39.7 Å². The summed E-state index contributed by atoms with van der Waals surface area (Å²) in [6.07, 6.45) is 24.3. The van der Waals surface area contributed by atoms with Crippen molar-refractivity contribution in [2.75, 3.05) is 0 Å². The first-order valence-electron chi connectivity index (χ1n) is 22.1. The Morgan fingerprint density at radius 3 is 1.36 bits per heavy atom. The van der Waals surface area contributed by atoms with E-state index >= 15 is 0 Å². The van der Waals surface area contributed by atoms with Gasteiger partial charge in [0.25, 0.3) is 0 Å². The molecular formula is C45H76O11. The van der Waals surface area contributed by atoms with Crippen molar-refractivity contribution in [1.82, 2.24) is 0 Å². The maximum absolute atomic E-state index is 12.1. The Balaban J connectivity index is 1.71. The molecule has 0 saturated carbocycles. The van der Waals surface area contributed by atoms with Gasteiger partial charge in [-0.3, -0.25) is 19.2 Å². The number of ether oxygens (including phenoxy) is 6. The molecule has 322 valence electrons. The van der Waals surface area contributed by atoms with Crippen LogP contribution < -0.4 is 0 Å². The van der Waals surface area contributed by atoms with Crippen molar-refractivity contribution in [2.24, 2.45) is 0 Å². The molecule has 0 bridgehead atoms. The summed E-state index contributed by atoms with van der Waals surface area (Å²) in [4.78, 5) is 59.6. The molecule has 1 saturated heterocycles. The van der Waals surface area contributed by atoms with Crippen molar-refractivity contribution in [3.8, 4) is 0 Å². The predicted molar refractivity (Wildman–Crippen MR) is 216 cm³/mol. The van der Waals surface area contributed by atoms with E-state index in [1.165, 1.54) is 79.1 Å². The van der Waals surface area contributed by atoms with E-state index in [2.05, 4.69) is 6.92 Å². The van der Waals surface area contributed by atoms with Gasteiger partial charge >= 0.3 is 29.8 Å². The first kappa shape index (κ1) is 49.2. The maximum Gasteiger partial charge on any atom is 0.334 e. The molecule has 56 heavy (non-hydrogen) atoms. The Morgan fingerprint density at radius 2 is 0.946 bits per heavy atom. The normalized spacial score (nSPS) is 20.1. The SMILES string of the molecule is CCCCCCCCCCCC[C@@H](OC(C)=O)[C@H]1CC[C@H]([C@@H](CCCCCC[C@H](CCCCC[C@H](CC2=C[C@H](C)OC2=O)OC(C)=O)OC(C)=O)OC(C)=O)O1. The van der Waals surface area contributed by atoms with Crippen LogP contribution in [0.4, 0.5) is 0 Å². The zero-order chi connectivity index (χ0) is 41.1. The van der Waals surface area contributed by atoms with Gasteiger partial charge < -0.3 is 28.4 Å². The molecule has 2 heterocycles. The Hall–Kier alpha value is -2.95. The van der Waals surface area contributed by atoms with E-state index < -0.39 is 0 Å². The number of carbonyl (C=O) groups excluding carboxylic acids is 5. The van der Waals surface area contributed by atoms with Crippen molar-refractivity contribution in [3.05, 3.63) is 11.6 Å². The van der Waals surface area contributed by atoms with Gasteiger partial charge in [0.05, 0.1) is 12.2 Å². The van der Waals surface area contributed by atoms with Gasteiger partial charge in [0.1, 0.15) is 30.5 Å². The van der Waals surface area contributed by atoms with Crippen molar-refractivity contribution in [1.29, 1.82) is 0 Å². The zero-order valence-corrected chi connectivity index (χ0v) is 35.8. The lowest BCUT2D eigenvalue weighted by molar-refractivity contribution is -0.164. The second-order valence-corrected chi connectivity index (χ2v) is 16.2. The molecule has 0 aromatic heterocycles. The van der Waals surface area contributed by atoms with Gasteiger partial charge in [0.2, 0.25) is 0 Å². The lowest BCUT2D eigenvalue weighted by atomic mass is 9.98. The summed E-state index contributed by atoms with van der Waals surface area (Å²) in [5, 5.41) is 0. The van der Waals surface area contributed by atoms with E-state index in [9.17, 15) is 24.0 Å². The molecule has 2 rings (SSSR count). The summed E-state index contributed by atoms with van der Waals surface area (Å²) < 4.78 is 34.3. The molecule has 1 fully saturated rings. The third-order valence-corrected chi connectivity index (χ3v) is 10.8. The summed E-state index contributed by atoms with van der Waals surface area (Å²) in [6, 6.07) is 0. The fraction of sp³-hybridized carbons (Fsp3) is 0.844. The smallest absolute Gasteiger partial charge is 0.334 e. The van der Waals surface area contributed by atoms with Crippen LogP contribution >= 0.6 is 0 Å². The van der Waals surface area contributed by atoms with E-state index in [1.54, 1.807) is 13.0 Å². The van der Waals surface area contributed by atoms with E-state index in [1.807, 2.05) is 0 Å². The average molecular weight is 793 g/mol. The predicted octanol–water partition coefficient (Wildman–Crippen LogP) is 10.1. The molecule has 2 aliphatic rings. The molecule has 0 aromatic rings. The Labute approximate surface area is 338 Å². The standard InChI is InChI=1S/C45H76O11/c1-7-8-9-10-11-12-13-14-15-22-27-41(54-36(5)48)43-29-30-44(56-43)42(55-37(6)49)28-23-17-16-19-24-39(52-34(3)46)25-20-18-21-26-40(53-35(4)47)32-38-31-33(2)51-45(38)50/h31,33,39-44H,7-30,32H2,1-6H3/t33-,39+,40+,41+,42+,43+,44+/m0/s1. The van der Waals surface area contributed by atoms with E-state index in [4.69, 9.17) is 28.4 Å². The lowest BCUT2D eigenvalue weighted by Gasteiger charge is -2.27. The summed E-state index contributed by atoms with van der Waals surface area (Å²) in [5.41, 5.74) is 0.556. The van der Waals surface area contributed by atoms with Gasteiger partial charge in [-0.2, -0.15) is 0 Å².